The van der Waals surface area contributed by atoms with E-state index in [-0.39, 0.29) is 0 Å². The van der Waals surface area contributed by atoms with E-state index in [1.165, 1.54) is 18.5 Å². The highest BCUT2D eigenvalue weighted by Gasteiger charge is 2.22. The predicted molar refractivity (Wildman–Crippen MR) is 136 cm³/mol. The molecule has 4 heterocycles. The van der Waals surface area contributed by atoms with Crippen LogP contribution in [0.2, 0.25) is 0 Å². The summed E-state index contributed by atoms with van der Waals surface area (Å²) in [5.74, 6) is 3.25. The first-order chi connectivity index (χ1) is 16.2. The SMILES string of the molecule is S=C(NCc1ccco1)Nc1nc(N2CCCC2)cc(N2CCN(c3ccccc3)CC2)n1. The summed E-state index contributed by atoms with van der Waals surface area (Å²) in [6.07, 6.45) is 4.04. The molecular weight excluding hydrogens is 434 g/mol. The van der Waals surface area contributed by atoms with Gasteiger partial charge in [0.05, 0.1) is 12.8 Å². The maximum atomic E-state index is 5.48. The summed E-state index contributed by atoms with van der Waals surface area (Å²) in [7, 11) is 0. The van der Waals surface area contributed by atoms with Gasteiger partial charge in [0.1, 0.15) is 17.4 Å². The van der Waals surface area contributed by atoms with E-state index in [0.29, 0.717) is 17.6 Å². The molecule has 2 aromatic heterocycles. The minimum atomic E-state index is 0.477. The second-order valence-electron chi connectivity index (χ2n) is 8.30. The molecule has 2 saturated heterocycles. The molecule has 3 aromatic rings. The number of hydrogen-bond donors (Lipinski definition) is 2. The van der Waals surface area contributed by atoms with E-state index < -0.39 is 0 Å². The van der Waals surface area contributed by atoms with Crippen molar-refractivity contribution >= 4 is 40.6 Å². The molecule has 0 radical (unpaired) electrons. The largest absolute Gasteiger partial charge is 0.467 e. The Morgan fingerprint density at radius 3 is 2.18 bits per heavy atom. The first-order valence-corrected chi connectivity index (χ1v) is 11.9. The minimum absolute atomic E-state index is 0.477. The van der Waals surface area contributed by atoms with E-state index in [0.717, 1.165) is 56.7 Å². The van der Waals surface area contributed by atoms with Crippen molar-refractivity contribution < 1.29 is 4.42 Å². The number of aromatic nitrogens is 2. The van der Waals surface area contributed by atoms with Crippen molar-refractivity contribution in [2.45, 2.75) is 19.4 Å². The highest BCUT2D eigenvalue weighted by Crippen LogP contribution is 2.26. The summed E-state index contributed by atoms with van der Waals surface area (Å²) in [5, 5.41) is 6.81. The molecule has 1 aromatic carbocycles. The van der Waals surface area contributed by atoms with Crippen LogP contribution in [0.3, 0.4) is 0 Å². The van der Waals surface area contributed by atoms with Gasteiger partial charge in [-0.2, -0.15) is 9.97 Å². The van der Waals surface area contributed by atoms with Gasteiger partial charge in [0, 0.05) is 51.0 Å². The third-order valence-corrected chi connectivity index (χ3v) is 6.33. The summed E-state index contributed by atoms with van der Waals surface area (Å²) in [4.78, 5) is 16.7. The maximum absolute atomic E-state index is 5.48. The fraction of sp³-hybridized carbons (Fsp3) is 0.375. The Kier molecular flexibility index (Phi) is 6.57. The van der Waals surface area contributed by atoms with Crippen molar-refractivity contribution in [1.29, 1.82) is 0 Å². The van der Waals surface area contributed by atoms with Crippen molar-refractivity contribution in [3.05, 3.63) is 60.6 Å². The van der Waals surface area contributed by atoms with E-state index >= 15 is 0 Å². The normalized spacial score (nSPS) is 16.2. The topological polar surface area (TPSA) is 72.7 Å². The molecule has 0 spiro atoms. The smallest absolute Gasteiger partial charge is 0.232 e. The number of para-hydroxylation sites is 1. The predicted octanol–water partition coefficient (Wildman–Crippen LogP) is 3.48. The number of nitrogens with zero attached hydrogens (tertiary/aromatic N) is 5. The van der Waals surface area contributed by atoms with Crippen LogP contribution in [-0.2, 0) is 6.54 Å². The number of benzene rings is 1. The van der Waals surface area contributed by atoms with Gasteiger partial charge < -0.3 is 29.8 Å². The number of nitrogens with one attached hydrogen (secondary N) is 2. The Morgan fingerprint density at radius 2 is 1.52 bits per heavy atom. The van der Waals surface area contributed by atoms with Crippen LogP contribution in [0.1, 0.15) is 18.6 Å². The molecule has 5 rings (SSSR count). The first-order valence-electron chi connectivity index (χ1n) is 11.5. The van der Waals surface area contributed by atoms with Gasteiger partial charge in [-0.05, 0) is 49.3 Å². The summed E-state index contributed by atoms with van der Waals surface area (Å²) in [6.45, 7) is 6.30. The summed E-state index contributed by atoms with van der Waals surface area (Å²) >= 11 is 5.48. The van der Waals surface area contributed by atoms with Crippen LogP contribution in [-0.4, -0.2) is 54.3 Å². The standard InChI is InChI=1S/C24H29N7OS/c33-24(25-18-20-9-6-16-32-20)28-23-26-21(30-10-4-5-11-30)17-22(27-23)31-14-12-29(13-15-31)19-7-2-1-3-8-19/h1-3,6-9,16-17H,4-5,10-15,18H2,(H2,25,26,27,28,33). The number of thiocarbonyl (C=S) groups is 1. The van der Waals surface area contributed by atoms with Crippen molar-refractivity contribution in [1.82, 2.24) is 15.3 Å². The van der Waals surface area contributed by atoms with Crippen molar-refractivity contribution in [2.75, 3.05) is 59.3 Å². The monoisotopic (exact) mass is 463 g/mol. The third kappa shape index (κ3) is 5.36. The Morgan fingerprint density at radius 1 is 0.848 bits per heavy atom. The van der Waals surface area contributed by atoms with E-state index in [1.807, 2.05) is 12.1 Å². The van der Waals surface area contributed by atoms with Crippen LogP contribution in [0.25, 0.3) is 0 Å². The second kappa shape index (κ2) is 10.1. The summed E-state index contributed by atoms with van der Waals surface area (Å²) in [5.41, 5.74) is 1.27. The molecule has 2 fully saturated rings. The Bertz CT molecular complexity index is 1050. The van der Waals surface area contributed by atoms with E-state index in [2.05, 4.69) is 61.7 Å². The van der Waals surface area contributed by atoms with Crippen molar-refractivity contribution in [3.63, 3.8) is 0 Å². The molecule has 2 aliphatic rings. The molecule has 0 amide bonds. The Balaban J connectivity index is 1.29. The average molecular weight is 464 g/mol. The molecular formula is C24H29N7OS. The van der Waals surface area contributed by atoms with Gasteiger partial charge in [-0.3, -0.25) is 0 Å². The lowest BCUT2D eigenvalue weighted by Gasteiger charge is -2.37. The van der Waals surface area contributed by atoms with Gasteiger partial charge in [-0.15, -0.1) is 0 Å². The molecule has 33 heavy (non-hydrogen) atoms. The van der Waals surface area contributed by atoms with Crippen LogP contribution in [0.5, 0.6) is 0 Å². The van der Waals surface area contributed by atoms with E-state index in [4.69, 9.17) is 26.6 Å². The molecule has 8 nitrogen and oxygen atoms in total. The van der Waals surface area contributed by atoms with Crippen LogP contribution in [0.15, 0.2) is 59.2 Å². The maximum Gasteiger partial charge on any atom is 0.232 e. The minimum Gasteiger partial charge on any atom is -0.467 e. The highest BCUT2D eigenvalue weighted by molar-refractivity contribution is 7.80. The van der Waals surface area contributed by atoms with Crippen molar-refractivity contribution in [2.24, 2.45) is 0 Å². The van der Waals surface area contributed by atoms with Crippen molar-refractivity contribution in [3.8, 4) is 0 Å². The lowest BCUT2D eigenvalue weighted by molar-refractivity contribution is 0.503. The highest BCUT2D eigenvalue weighted by atomic mass is 32.1. The number of anilines is 4. The van der Waals surface area contributed by atoms with Gasteiger partial charge in [-0.25, -0.2) is 0 Å². The molecule has 2 aliphatic heterocycles. The molecule has 0 atom stereocenters. The zero-order chi connectivity index (χ0) is 22.5. The molecule has 0 unspecified atom stereocenters. The van der Waals surface area contributed by atoms with Gasteiger partial charge >= 0.3 is 0 Å². The van der Waals surface area contributed by atoms with Crippen LogP contribution in [0, 0.1) is 0 Å². The van der Waals surface area contributed by atoms with Crippen LogP contribution < -0.4 is 25.3 Å². The van der Waals surface area contributed by atoms with Gasteiger partial charge in [0.25, 0.3) is 0 Å². The Hall–Kier alpha value is -3.33. The quantitative estimate of drug-likeness (QED) is 0.535. The van der Waals surface area contributed by atoms with E-state index in [1.54, 1.807) is 6.26 Å². The third-order valence-electron chi connectivity index (χ3n) is 6.08. The number of furan rings is 1. The van der Waals surface area contributed by atoms with E-state index in [9.17, 15) is 0 Å². The number of piperazine rings is 1. The molecule has 0 bridgehead atoms. The van der Waals surface area contributed by atoms with Gasteiger partial charge in [0.2, 0.25) is 5.95 Å². The lowest BCUT2D eigenvalue weighted by Crippen LogP contribution is -2.47. The number of hydrogen-bond acceptors (Lipinski definition) is 7. The van der Waals surface area contributed by atoms with Crippen LogP contribution >= 0.6 is 12.2 Å². The first kappa shape index (κ1) is 21.5. The molecule has 9 heteroatoms. The zero-order valence-electron chi connectivity index (χ0n) is 18.6. The fourth-order valence-electron chi connectivity index (χ4n) is 4.31. The van der Waals surface area contributed by atoms with Crippen LogP contribution in [0.4, 0.5) is 23.3 Å². The fourth-order valence-corrected chi connectivity index (χ4v) is 4.47. The molecule has 0 aliphatic carbocycles. The van der Waals surface area contributed by atoms with Gasteiger partial charge in [0.15, 0.2) is 5.11 Å². The lowest BCUT2D eigenvalue weighted by atomic mass is 10.2. The molecule has 0 saturated carbocycles. The van der Waals surface area contributed by atoms with Gasteiger partial charge in [-0.1, -0.05) is 18.2 Å². The summed E-state index contributed by atoms with van der Waals surface area (Å²) < 4.78 is 5.36. The molecule has 2 N–H and O–H groups in total. The summed E-state index contributed by atoms with van der Waals surface area (Å²) in [6, 6.07) is 16.5. The Labute approximate surface area is 199 Å². The molecule has 172 valence electrons. The second-order valence-corrected chi connectivity index (χ2v) is 8.71. The average Bonchev–Trinajstić information content (AvgIpc) is 3.58. The number of rotatable bonds is 6. The zero-order valence-corrected chi connectivity index (χ0v) is 19.4.